The molecule has 0 spiro atoms. The van der Waals surface area contributed by atoms with Gasteiger partial charge >= 0.3 is 0 Å². The number of H-pyrrole nitrogens is 1. The van der Waals surface area contributed by atoms with E-state index in [1.807, 2.05) is 17.5 Å². The van der Waals surface area contributed by atoms with Gasteiger partial charge in [-0.1, -0.05) is 11.5 Å². The standard InChI is InChI=1S/C7H8N2OS/c8-3-5-1-2-7(10-5)6-4-11-9-6/h1-2,4,9H,3,8H2. The van der Waals surface area contributed by atoms with Gasteiger partial charge in [-0.25, -0.2) is 0 Å². The zero-order valence-corrected chi connectivity index (χ0v) is 6.65. The summed E-state index contributed by atoms with van der Waals surface area (Å²) in [4.78, 5) is 0. The SMILES string of the molecule is NCc1ccc(-c2cs[nH]2)o1. The monoisotopic (exact) mass is 168 g/mol. The first-order chi connectivity index (χ1) is 5.40. The molecule has 0 aliphatic heterocycles. The smallest absolute Gasteiger partial charge is 0.152 e. The van der Waals surface area contributed by atoms with Crippen LogP contribution in [-0.4, -0.2) is 4.37 Å². The van der Waals surface area contributed by atoms with E-state index in [2.05, 4.69) is 4.37 Å². The van der Waals surface area contributed by atoms with Crippen molar-refractivity contribution < 1.29 is 4.42 Å². The van der Waals surface area contributed by atoms with Crippen LogP contribution in [-0.2, 0) is 6.54 Å². The Bertz CT molecular complexity index is 324. The summed E-state index contributed by atoms with van der Waals surface area (Å²) in [5, 5.41) is 2.00. The van der Waals surface area contributed by atoms with Crippen LogP contribution in [0.3, 0.4) is 0 Å². The van der Waals surface area contributed by atoms with Crippen LogP contribution in [0.1, 0.15) is 5.76 Å². The molecular formula is C7H8N2OS. The number of nitrogens with two attached hydrogens (primary N) is 1. The van der Waals surface area contributed by atoms with E-state index in [0.717, 1.165) is 17.2 Å². The first-order valence-corrected chi connectivity index (χ1v) is 4.19. The Hall–Kier alpha value is -1.00. The van der Waals surface area contributed by atoms with E-state index in [9.17, 15) is 0 Å². The highest BCUT2D eigenvalue weighted by atomic mass is 32.1. The summed E-state index contributed by atoms with van der Waals surface area (Å²) < 4.78 is 8.41. The van der Waals surface area contributed by atoms with Crippen molar-refractivity contribution >= 4 is 11.5 Å². The average molecular weight is 168 g/mol. The third kappa shape index (κ3) is 1.10. The Morgan fingerprint density at radius 1 is 1.55 bits per heavy atom. The third-order valence-electron chi connectivity index (χ3n) is 1.47. The van der Waals surface area contributed by atoms with E-state index in [4.69, 9.17) is 10.2 Å². The van der Waals surface area contributed by atoms with Crippen molar-refractivity contribution in [2.24, 2.45) is 5.73 Å². The number of nitrogens with one attached hydrogen (secondary N) is 1. The molecule has 3 N–H and O–H groups in total. The van der Waals surface area contributed by atoms with E-state index in [0.29, 0.717) is 6.54 Å². The first kappa shape index (κ1) is 6.69. The molecule has 0 unspecified atom stereocenters. The number of rotatable bonds is 2. The lowest BCUT2D eigenvalue weighted by Gasteiger charge is -1.97. The van der Waals surface area contributed by atoms with Crippen LogP contribution in [0.15, 0.2) is 21.9 Å². The number of aromatic nitrogens is 1. The maximum Gasteiger partial charge on any atom is 0.152 e. The van der Waals surface area contributed by atoms with Crippen molar-refractivity contribution in [1.82, 2.24) is 4.37 Å². The minimum Gasteiger partial charge on any atom is -0.458 e. The second-order valence-corrected chi connectivity index (χ2v) is 2.90. The summed E-state index contributed by atoms with van der Waals surface area (Å²) in [5.41, 5.74) is 6.42. The van der Waals surface area contributed by atoms with Crippen molar-refractivity contribution in [2.45, 2.75) is 6.54 Å². The van der Waals surface area contributed by atoms with Gasteiger partial charge in [0.05, 0.1) is 6.54 Å². The maximum atomic E-state index is 5.38. The second kappa shape index (κ2) is 2.56. The van der Waals surface area contributed by atoms with Crippen molar-refractivity contribution in [1.29, 1.82) is 0 Å². The molecule has 58 valence electrons. The Morgan fingerprint density at radius 3 is 2.82 bits per heavy atom. The van der Waals surface area contributed by atoms with Crippen molar-refractivity contribution in [3.8, 4) is 11.5 Å². The first-order valence-electron chi connectivity index (χ1n) is 3.31. The molecule has 0 saturated heterocycles. The van der Waals surface area contributed by atoms with Crippen LogP contribution in [0.25, 0.3) is 11.5 Å². The fourth-order valence-corrected chi connectivity index (χ4v) is 1.31. The molecule has 2 aromatic rings. The molecule has 11 heavy (non-hydrogen) atoms. The predicted molar refractivity (Wildman–Crippen MR) is 44.3 cm³/mol. The van der Waals surface area contributed by atoms with Crippen LogP contribution in [0.2, 0.25) is 0 Å². The van der Waals surface area contributed by atoms with Crippen molar-refractivity contribution in [3.63, 3.8) is 0 Å². The quantitative estimate of drug-likeness (QED) is 0.718. The molecule has 2 heterocycles. The van der Waals surface area contributed by atoms with Gasteiger partial charge in [-0.3, -0.25) is 0 Å². The highest BCUT2D eigenvalue weighted by Crippen LogP contribution is 2.22. The highest BCUT2D eigenvalue weighted by Gasteiger charge is 2.04. The van der Waals surface area contributed by atoms with Gasteiger partial charge in [-0.15, -0.1) is 0 Å². The Morgan fingerprint density at radius 2 is 2.36 bits per heavy atom. The fourth-order valence-electron chi connectivity index (χ4n) is 0.859. The van der Waals surface area contributed by atoms with Gasteiger partial charge in [-0.2, -0.15) is 0 Å². The molecule has 0 aromatic carbocycles. The molecule has 0 saturated carbocycles. The van der Waals surface area contributed by atoms with Crippen LogP contribution >= 0.6 is 11.5 Å². The van der Waals surface area contributed by atoms with Gasteiger partial charge < -0.3 is 14.5 Å². The highest BCUT2D eigenvalue weighted by molar-refractivity contribution is 7.05. The summed E-state index contributed by atoms with van der Waals surface area (Å²) in [6.07, 6.45) is 0. The minimum atomic E-state index is 0.459. The molecule has 0 amide bonds. The van der Waals surface area contributed by atoms with E-state index in [1.54, 1.807) is 11.5 Å². The summed E-state index contributed by atoms with van der Waals surface area (Å²) in [6.45, 7) is 0.459. The Kier molecular flexibility index (Phi) is 1.56. The van der Waals surface area contributed by atoms with E-state index in [-0.39, 0.29) is 0 Å². The third-order valence-corrected chi connectivity index (χ3v) is 2.17. The van der Waals surface area contributed by atoms with Gasteiger partial charge in [0.15, 0.2) is 5.76 Å². The van der Waals surface area contributed by atoms with Gasteiger partial charge in [0.25, 0.3) is 0 Å². The van der Waals surface area contributed by atoms with Gasteiger partial charge in [-0.05, 0) is 12.1 Å². The Balaban J connectivity index is 2.30. The van der Waals surface area contributed by atoms with Crippen LogP contribution in [0, 0.1) is 0 Å². The van der Waals surface area contributed by atoms with E-state index in [1.165, 1.54) is 0 Å². The number of hydrogen-bond acceptors (Lipinski definition) is 3. The molecule has 0 fully saturated rings. The molecule has 2 rings (SSSR count). The lowest BCUT2D eigenvalue weighted by molar-refractivity contribution is 0.524. The lowest BCUT2D eigenvalue weighted by Crippen LogP contribution is -1.92. The lowest BCUT2D eigenvalue weighted by atomic mass is 10.4. The molecule has 3 nitrogen and oxygen atoms in total. The largest absolute Gasteiger partial charge is 0.458 e. The molecule has 0 radical (unpaired) electrons. The summed E-state index contributed by atoms with van der Waals surface area (Å²) >= 11 is 1.55. The summed E-state index contributed by atoms with van der Waals surface area (Å²) in [5.74, 6) is 1.68. The molecule has 0 bridgehead atoms. The van der Waals surface area contributed by atoms with E-state index < -0.39 is 0 Å². The van der Waals surface area contributed by atoms with Crippen molar-refractivity contribution in [2.75, 3.05) is 0 Å². The van der Waals surface area contributed by atoms with Gasteiger partial charge in [0, 0.05) is 5.38 Å². The zero-order valence-electron chi connectivity index (χ0n) is 5.83. The van der Waals surface area contributed by atoms with E-state index >= 15 is 0 Å². The van der Waals surface area contributed by atoms with Gasteiger partial charge in [0.1, 0.15) is 11.5 Å². The average Bonchev–Trinajstić information content (AvgIpc) is 2.32. The molecule has 4 heteroatoms. The molecular weight excluding hydrogens is 160 g/mol. The zero-order chi connectivity index (χ0) is 7.68. The second-order valence-electron chi connectivity index (χ2n) is 2.22. The minimum absolute atomic E-state index is 0.459. The molecule has 0 atom stereocenters. The Labute approximate surface area is 68.0 Å². The molecule has 2 aromatic heterocycles. The van der Waals surface area contributed by atoms with Crippen LogP contribution in [0.5, 0.6) is 0 Å². The number of hydrogen-bond donors (Lipinski definition) is 2. The predicted octanol–water partition coefficient (Wildman–Crippen LogP) is 1.79. The normalized spacial score (nSPS) is 10.6. The molecule has 0 aliphatic rings. The summed E-state index contributed by atoms with van der Waals surface area (Å²) in [7, 11) is 0. The van der Waals surface area contributed by atoms with Crippen LogP contribution in [0.4, 0.5) is 0 Å². The number of aromatic amines is 1. The van der Waals surface area contributed by atoms with Crippen molar-refractivity contribution in [3.05, 3.63) is 23.3 Å². The summed E-state index contributed by atoms with van der Waals surface area (Å²) in [6, 6.07) is 3.81. The number of furan rings is 1. The maximum absolute atomic E-state index is 5.38. The van der Waals surface area contributed by atoms with Crippen LogP contribution < -0.4 is 5.73 Å². The topological polar surface area (TPSA) is 55.0 Å². The molecule has 0 aliphatic carbocycles. The fraction of sp³-hybridized carbons (Fsp3) is 0.143. The van der Waals surface area contributed by atoms with Gasteiger partial charge in [0.2, 0.25) is 0 Å².